The molecule has 0 spiro atoms. The van der Waals surface area contributed by atoms with E-state index in [0.29, 0.717) is 30.2 Å². The maximum atomic E-state index is 12.6. The Morgan fingerprint density at radius 1 is 1.17 bits per heavy atom. The largest absolute Gasteiger partial charge is 0.477 e. The summed E-state index contributed by atoms with van der Waals surface area (Å²) < 4.78 is 10.1. The van der Waals surface area contributed by atoms with Gasteiger partial charge in [0, 0.05) is 19.8 Å². The number of aromatic nitrogens is 1. The minimum Gasteiger partial charge on any atom is -0.477 e. The molecule has 0 aliphatic rings. The maximum Gasteiger partial charge on any atom is 0.337 e. The van der Waals surface area contributed by atoms with E-state index in [9.17, 15) is 9.59 Å². The molecule has 0 N–H and O–H groups in total. The molecule has 2 rings (SSSR count). The minimum absolute atomic E-state index is 0.177. The number of ether oxygens (including phenoxy) is 2. The second-order valence-electron chi connectivity index (χ2n) is 5.14. The molecule has 1 heterocycles. The number of amides is 1. The van der Waals surface area contributed by atoms with Crippen LogP contribution in [0.2, 0.25) is 0 Å². The van der Waals surface area contributed by atoms with Gasteiger partial charge in [0.05, 0.1) is 19.3 Å². The highest BCUT2D eigenvalue weighted by Gasteiger charge is 2.18. The van der Waals surface area contributed by atoms with Crippen LogP contribution in [0.5, 0.6) is 5.88 Å². The van der Waals surface area contributed by atoms with E-state index in [0.717, 1.165) is 5.56 Å². The number of esters is 1. The molecular formula is C18H20N2O4. The van der Waals surface area contributed by atoms with E-state index in [4.69, 9.17) is 4.74 Å². The Kier molecular flexibility index (Phi) is 5.89. The van der Waals surface area contributed by atoms with Gasteiger partial charge in [-0.15, -0.1) is 0 Å². The number of nitrogens with zero attached hydrogens (tertiary/aromatic N) is 2. The highest BCUT2D eigenvalue weighted by atomic mass is 16.5. The lowest BCUT2D eigenvalue weighted by Gasteiger charge is -2.18. The Hall–Kier alpha value is -2.89. The summed E-state index contributed by atoms with van der Waals surface area (Å²) in [6.45, 7) is 2.69. The monoisotopic (exact) mass is 328 g/mol. The molecule has 1 amide bonds. The van der Waals surface area contributed by atoms with Gasteiger partial charge >= 0.3 is 5.97 Å². The summed E-state index contributed by atoms with van der Waals surface area (Å²) in [5.41, 5.74) is 1.80. The first kappa shape index (κ1) is 17.5. The van der Waals surface area contributed by atoms with Gasteiger partial charge in [0.1, 0.15) is 5.56 Å². The van der Waals surface area contributed by atoms with Crippen molar-refractivity contribution in [2.75, 3.05) is 20.8 Å². The highest BCUT2D eigenvalue weighted by molar-refractivity contribution is 5.96. The molecule has 1 aromatic heterocycles. The molecule has 0 radical (unpaired) electrons. The topological polar surface area (TPSA) is 68.7 Å². The summed E-state index contributed by atoms with van der Waals surface area (Å²) in [7, 11) is 3.05. The minimum atomic E-state index is -0.386. The third-order valence-electron chi connectivity index (χ3n) is 3.42. The molecule has 0 bridgehead atoms. The zero-order valence-corrected chi connectivity index (χ0v) is 14.0. The number of carbonyl (C=O) groups excluding carboxylic acids is 2. The van der Waals surface area contributed by atoms with Crippen molar-refractivity contribution < 1.29 is 19.1 Å². The van der Waals surface area contributed by atoms with Crippen molar-refractivity contribution in [3.63, 3.8) is 0 Å². The lowest BCUT2D eigenvalue weighted by molar-refractivity contribution is 0.0600. The Labute approximate surface area is 141 Å². The molecule has 0 aliphatic carbocycles. The average molecular weight is 328 g/mol. The third-order valence-corrected chi connectivity index (χ3v) is 3.42. The van der Waals surface area contributed by atoms with Gasteiger partial charge < -0.3 is 14.4 Å². The Bertz CT molecular complexity index is 713. The summed E-state index contributed by atoms with van der Waals surface area (Å²) in [5, 5.41) is 0. The fourth-order valence-corrected chi connectivity index (χ4v) is 2.22. The Morgan fingerprint density at radius 2 is 1.88 bits per heavy atom. The van der Waals surface area contributed by atoms with Crippen LogP contribution in [-0.4, -0.2) is 42.5 Å². The summed E-state index contributed by atoms with van der Waals surface area (Å²) in [5.74, 6) is -0.232. The fourth-order valence-electron chi connectivity index (χ4n) is 2.22. The van der Waals surface area contributed by atoms with Crippen molar-refractivity contribution in [3.8, 4) is 5.88 Å². The molecule has 2 aromatic rings. The Balaban J connectivity index is 2.10. The molecule has 0 fully saturated rings. The van der Waals surface area contributed by atoms with Crippen molar-refractivity contribution in [3.05, 3.63) is 59.3 Å². The second-order valence-corrected chi connectivity index (χ2v) is 5.14. The van der Waals surface area contributed by atoms with Crippen LogP contribution < -0.4 is 4.74 Å². The molecule has 24 heavy (non-hydrogen) atoms. The number of hydrogen-bond acceptors (Lipinski definition) is 5. The van der Waals surface area contributed by atoms with Gasteiger partial charge in [0.25, 0.3) is 5.91 Å². The molecule has 126 valence electrons. The van der Waals surface area contributed by atoms with Crippen molar-refractivity contribution in [1.29, 1.82) is 0 Å². The smallest absolute Gasteiger partial charge is 0.337 e. The van der Waals surface area contributed by atoms with Crippen LogP contribution in [0.4, 0.5) is 0 Å². The lowest BCUT2D eigenvalue weighted by Crippen LogP contribution is -2.27. The SMILES string of the molecule is CCOc1ncccc1C(=O)N(C)Cc1ccc(C(=O)OC)cc1. The van der Waals surface area contributed by atoms with E-state index in [1.54, 1.807) is 54.5 Å². The van der Waals surface area contributed by atoms with Crippen molar-refractivity contribution in [2.45, 2.75) is 13.5 Å². The molecule has 6 nitrogen and oxygen atoms in total. The van der Waals surface area contributed by atoms with Crippen molar-refractivity contribution >= 4 is 11.9 Å². The van der Waals surface area contributed by atoms with Gasteiger partial charge in [-0.3, -0.25) is 4.79 Å². The van der Waals surface area contributed by atoms with Gasteiger partial charge in [-0.25, -0.2) is 9.78 Å². The number of carbonyl (C=O) groups is 2. The predicted molar refractivity (Wildman–Crippen MR) is 89.0 cm³/mol. The average Bonchev–Trinajstić information content (AvgIpc) is 2.62. The Morgan fingerprint density at radius 3 is 2.50 bits per heavy atom. The van der Waals surface area contributed by atoms with Crippen LogP contribution in [0.15, 0.2) is 42.6 Å². The van der Waals surface area contributed by atoms with Crippen LogP contribution in [0.1, 0.15) is 33.2 Å². The lowest BCUT2D eigenvalue weighted by atomic mass is 10.1. The molecule has 0 saturated heterocycles. The summed E-state index contributed by atoms with van der Waals surface area (Å²) in [4.78, 5) is 29.7. The summed E-state index contributed by atoms with van der Waals surface area (Å²) in [6.07, 6.45) is 1.59. The standard InChI is InChI=1S/C18H20N2O4/c1-4-24-16-15(6-5-11-19-16)17(21)20(2)12-13-7-9-14(10-8-13)18(22)23-3/h5-11H,4,12H2,1-3H3. The van der Waals surface area contributed by atoms with E-state index in [-0.39, 0.29) is 11.9 Å². The van der Waals surface area contributed by atoms with Crippen LogP contribution in [0.3, 0.4) is 0 Å². The van der Waals surface area contributed by atoms with Crippen LogP contribution >= 0.6 is 0 Å². The van der Waals surface area contributed by atoms with Crippen molar-refractivity contribution in [1.82, 2.24) is 9.88 Å². The summed E-state index contributed by atoms with van der Waals surface area (Å²) in [6, 6.07) is 10.3. The second kappa shape index (κ2) is 8.10. The normalized spacial score (nSPS) is 10.1. The number of methoxy groups -OCH3 is 1. The van der Waals surface area contributed by atoms with E-state index in [1.807, 2.05) is 6.92 Å². The summed E-state index contributed by atoms with van der Waals surface area (Å²) >= 11 is 0. The molecular weight excluding hydrogens is 308 g/mol. The molecule has 0 aliphatic heterocycles. The van der Waals surface area contributed by atoms with Crippen molar-refractivity contribution in [2.24, 2.45) is 0 Å². The van der Waals surface area contributed by atoms with Gasteiger partial charge in [0.2, 0.25) is 5.88 Å². The van der Waals surface area contributed by atoms with E-state index < -0.39 is 0 Å². The van der Waals surface area contributed by atoms with Crippen LogP contribution in [0.25, 0.3) is 0 Å². The molecule has 1 aromatic carbocycles. The highest BCUT2D eigenvalue weighted by Crippen LogP contribution is 2.17. The number of pyridine rings is 1. The maximum absolute atomic E-state index is 12.6. The van der Waals surface area contributed by atoms with E-state index >= 15 is 0 Å². The molecule has 0 saturated carbocycles. The molecule has 0 unspecified atom stereocenters. The number of benzene rings is 1. The van der Waals surface area contributed by atoms with Crippen LogP contribution in [-0.2, 0) is 11.3 Å². The fraction of sp³-hybridized carbons (Fsp3) is 0.278. The van der Waals surface area contributed by atoms with Crippen LogP contribution in [0, 0.1) is 0 Å². The number of rotatable bonds is 6. The first-order valence-electron chi connectivity index (χ1n) is 7.57. The number of hydrogen-bond donors (Lipinski definition) is 0. The zero-order chi connectivity index (χ0) is 17.5. The zero-order valence-electron chi connectivity index (χ0n) is 14.0. The first-order valence-corrected chi connectivity index (χ1v) is 7.57. The van der Waals surface area contributed by atoms with Gasteiger partial charge in [-0.2, -0.15) is 0 Å². The van der Waals surface area contributed by atoms with E-state index in [1.165, 1.54) is 7.11 Å². The van der Waals surface area contributed by atoms with Gasteiger partial charge in [-0.1, -0.05) is 12.1 Å². The van der Waals surface area contributed by atoms with Gasteiger partial charge in [-0.05, 0) is 36.8 Å². The quantitative estimate of drug-likeness (QED) is 0.762. The van der Waals surface area contributed by atoms with E-state index in [2.05, 4.69) is 9.72 Å². The first-order chi connectivity index (χ1) is 11.6. The predicted octanol–water partition coefficient (Wildman–Crippen LogP) is 2.54. The molecule has 0 atom stereocenters. The van der Waals surface area contributed by atoms with Gasteiger partial charge in [0.15, 0.2) is 0 Å². The molecule has 6 heteroatoms. The third kappa shape index (κ3) is 4.10.